The number of carbonyl (C=O) groups is 1. The van der Waals surface area contributed by atoms with E-state index in [1.54, 1.807) is 19.3 Å². The van der Waals surface area contributed by atoms with Gasteiger partial charge in [0.1, 0.15) is 0 Å². The zero-order chi connectivity index (χ0) is 13.8. The molecule has 98 valence electrons. The second kappa shape index (κ2) is 5.52. The van der Waals surface area contributed by atoms with Crippen LogP contribution in [0.1, 0.15) is 21.5 Å². The van der Waals surface area contributed by atoms with Crippen LogP contribution >= 0.6 is 0 Å². The van der Waals surface area contributed by atoms with Gasteiger partial charge in [-0.2, -0.15) is 0 Å². The fourth-order valence-corrected chi connectivity index (χ4v) is 1.68. The van der Waals surface area contributed by atoms with Crippen molar-refractivity contribution in [3.63, 3.8) is 0 Å². The van der Waals surface area contributed by atoms with Gasteiger partial charge in [-0.3, -0.25) is 9.59 Å². The lowest BCUT2D eigenvalue weighted by Gasteiger charge is -2.06. The van der Waals surface area contributed by atoms with Crippen LogP contribution in [0.4, 0.5) is 0 Å². The number of rotatable bonds is 3. The number of aromatic nitrogens is 1. The first-order valence-electron chi connectivity index (χ1n) is 6.07. The first kappa shape index (κ1) is 13.1. The molecule has 0 aliphatic rings. The molecular weight excluding hydrogens is 240 g/mol. The highest BCUT2D eigenvalue weighted by Gasteiger charge is 2.06. The van der Waals surface area contributed by atoms with E-state index in [4.69, 9.17) is 0 Å². The van der Waals surface area contributed by atoms with E-state index in [9.17, 15) is 9.59 Å². The minimum atomic E-state index is -0.238. The minimum Gasteiger partial charge on any atom is -0.348 e. The summed E-state index contributed by atoms with van der Waals surface area (Å²) in [6.45, 7) is 2.47. The molecule has 0 saturated carbocycles. The molecule has 0 fully saturated rings. The molecule has 1 aromatic heterocycles. The summed E-state index contributed by atoms with van der Waals surface area (Å²) in [5, 5.41) is 2.79. The van der Waals surface area contributed by atoms with Gasteiger partial charge in [-0.15, -0.1) is 0 Å². The summed E-state index contributed by atoms with van der Waals surface area (Å²) in [5.74, 6) is -0.238. The Labute approximate surface area is 111 Å². The van der Waals surface area contributed by atoms with Crippen LogP contribution in [0.2, 0.25) is 0 Å². The molecule has 0 saturated heterocycles. The van der Waals surface area contributed by atoms with E-state index in [2.05, 4.69) is 5.32 Å². The number of carbonyl (C=O) groups excluding carboxylic acids is 1. The molecule has 2 rings (SSSR count). The molecule has 4 heteroatoms. The number of nitrogens with zero attached hydrogens (tertiary/aromatic N) is 1. The quantitative estimate of drug-likeness (QED) is 0.907. The topological polar surface area (TPSA) is 51.1 Å². The Kier molecular flexibility index (Phi) is 3.80. The molecular formula is C15H16N2O2. The Morgan fingerprint density at radius 1 is 1.21 bits per heavy atom. The minimum absolute atomic E-state index is 0.192. The van der Waals surface area contributed by atoms with Crippen molar-refractivity contribution < 1.29 is 4.79 Å². The molecule has 0 bridgehead atoms. The van der Waals surface area contributed by atoms with Gasteiger partial charge in [0.2, 0.25) is 0 Å². The lowest BCUT2D eigenvalue weighted by Crippen LogP contribution is -2.25. The summed E-state index contributed by atoms with van der Waals surface area (Å²) in [7, 11) is 1.65. The zero-order valence-corrected chi connectivity index (χ0v) is 11.0. The van der Waals surface area contributed by atoms with Crippen molar-refractivity contribution in [3.05, 3.63) is 69.6 Å². The highest BCUT2D eigenvalue weighted by Crippen LogP contribution is 2.03. The number of aryl methyl sites for hydroxylation is 2. The molecule has 1 amide bonds. The van der Waals surface area contributed by atoms with E-state index >= 15 is 0 Å². The predicted octanol–water partition coefficient (Wildman–Crippen LogP) is 1.62. The number of benzene rings is 1. The molecule has 0 spiro atoms. The predicted molar refractivity (Wildman–Crippen MR) is 74.0 cm³/mol. The zero-order valence-electron chi connectivity index (χ0n) is 11.0. The fourth-order valence-electron chi connectivity index (χ4n) is 1.68. The van der Waals surface area contributed by atoms with Gasteiger partial charge >= 0.3 is 0 Å². The van der Waals surface area contributed by atoms with E-state index in [-0.39, 0.29) is 11.5 Å². The summed E-state index contributed by atoms with van der Waals surface area (Å²) in [5.41, 5.74) is 2.41. The number of amides is 1. The average Bonchev–Trinajstić information content (AvgIpc) is 2.41. The van der Waals surface area contributed by atoms with E-state index in [0.717, 1.165) is 5.56 Å². The van der Waals surface area contributed by atoms with E-state index in [1.165, 1.54) is 16.2 Å². The second-order valence-corrected chi connectivity index (χ2v) is 4.53. The number of pyridine rings is 1. The van der Waals surface area contributed by atoms with Crippen LogP contribution in [0.5, 0.6) is 0 Å². The molecule has 1 N–H and O–H groups in total. The maximum atomic E-state index is 11.9. The highest BCUT2D eigenvalue weighted by molar-refractivity contribution is 5.93. The third-order valence-corrected chi connectivity index (χ3v) is 2.94. The smallest absolute Gasteiger partial charge is 0.251 e. The van der Waals surface area contributed by atoms with Crippen LogP contribution in [-0.4, -0.2) is 10.5 Å². The van der Waals surface area contributed by atoms with Gasteiger partial charge in [0, 0.05) is 31.4 Å². The van der Waals surface area contributed by atoms with E-state index in [1.807, 2.05) is 31.2 Å². The highest BCUT2D eigenvalue weighted by atomic mass is 16.2. The largest absolute Gasteiger partial charge is 0.348 e. The van der Waals surface area contributed by atoms with E-state index < -0.39 is 0 Å². The molecule has 1 heterocycles. The average molecular weight is 256 g/mol. The molecule has 19 heavy (non-hydrogen) atoms. The molecule has 1 aromatic carbocycles. The van der Waals surface area contributed by atoms with Crippen LogP contribution in [0.3, 0.4) is 0 Å². The summed E-state index contributed by atoms with van der Waals surface area (Å²) in [4.78, 5) is 23.3. The normalized spacial score (nSPS) is 10.2. The number of nitrogens with one attached hydrogen (secondary N) is 1. The van der Waals surface area contributed by atoms with Gasteiger partial charge in [0.15, 0.2) is 0 Å². The molecule has 0 unspecified atom stereocenters. The second-order valence-electron chi connectivity index (χ2n) is 4.53. The first-order chi connectivity index (χ1) is 9.06. The van der Waals surface area contributed by atoms with Gasteiger partial charge in [0.05, 0.1) is 0 Å². The van der Waals surface area contributed by atoms with Gasteiger partial charge < -0.3 is 9.88 Å². The molecule has 0 radical (unpaired) electrons. The van der Waals surface area contributed by atoms with Crippen LogP contribution < -0.4 is 10.9 Å². The van der Waals surface area contributed by atoms with Crippen LogP contribution in [0.15, 0.2) is 47.4 Å². The van der Waals surface area contributed by atoms with Crippen molar-refractivity contribution in [2.45, 2.75) is 13.5 Å². The summed E-state index contributed by atoms with van der Waals surface area (Å²) in [6.07, 6.45) is 1.59. The summed E-state index contributed by atoms with van der Waals surface area (Å²) >= 11 is 0. The standard InChI is InChI=1S/C15H16N2O2/c1-11-3-5-12(6-4-11)10-16-15(19)13-7-8-17(2)14(18)9-13/h3-9H,10H2,1-2H3,(H,16,19). The fraction of sp³-hybridized carbons (Fsp3) is 0.200. The van der Waals surface area contributed by atoms with E-state index in [0.29, 0.717) is 12.1 Å². The van der Waals surface area contributed by atoms with Gasteiger partial charge in [-0.25, -0.2) is 0 Å². The molecule has 0 atom stereocenters. The SMILES string of the molecule is Cc1ccc(CNC(=O)c2ccn(C)c(=O)c2)cc1. The third-order valence-electron chi connectivity index (χ3n) is 2.94. The van der Waals surface area contributed by atoms with Crippen molar-refractivity contribution in [2.24, 2.45) is 7.05 Å². The molecule has 0 aliphatic heterocycles. The lowest BCUT2D eigenvalue weighted by atomic mass is 10.1. The number of hydrogen-bond acceptors (Lipinski definition) is 2. The molecule has 2 aromatic rings. The lowest BCUT2D eigenvalue weighted by molar-refractivity contribution is 0.0950. The Morgan fingerprint density at radius 2 is 1.89 bits per heavy atom. The van der Waals surface area contributed by atoms with Gasteiger partial charge in [0.25, 0.3) is 11.5 Å². The van der Waals surface area contributed by atoms with Crippen molar-refractivity contribution in [1.82, 2.24) is 9.88 Å². The monoisotopic (exact) mass is 256 g/mol. The molecule has 0 aliphatic carbocycles. The Bertz CT molecular complexity index is 642. The Balaban J connectivity index is 2.03. The van der Waals surface area contributed by atoms with Crippen molar-refractivity contribution in [3.8, 4) is 0 Å². The van der Waals surface area contributed by atoms with Crippen LogP contribution in [-0.2, 0) is 13.6 Å². The van der Waals surface area contributed by atoms with Gasteiger partial charge in [-0.1, -0.05) is 29.8 Å². The third kappa shape index (κ3) is 3.31. The van der Waals surface area contributed by atoms with Crippen molar-refractivity contribution in [2.75, 3.05) is 0 Å². The first-order valence-corrected chi connectivity index (χ1v) is 6.07. The Hall–Kier alpha value is -2.36. The summed E-state index contributed by atoms with van der Waals surface area (Å²) < 4.78 is 1.43. The van der Waals surface area contributed by atoms with Crippen molar-refractivity contribution >= 4 is 5.91 Å². The molecule has 4 nitrogen and oxygen atoms in total. The van der Waals surface area contributed by atoms with Crippen LogP contribution in [0, 0.1) is 6.92 Å². The maximum absolute atomic E-state index is 11.9. The van der Waals surface area contributed by atoms with Crippen molar-refractivity contribution in [1.29, 1.82) is 0 Å². The Morgan fingerprint density at radius 3 is 2.53 bits per heavy atom. The number of hydrogen-bond donors (Lipinski definition) is 1. The van der Waals surface area contributed by atoms with Gasteiger partial charge in [-0.05, 0) is 18.6 Å². The maximum Gasteiger partial charge on any atom is 0.251 e. The summed E-state index contributed by atoms with van der Waals surface area (Å²) in [6, 6.07) is 10.9. The van der Waals surface area contributed by atoms with Crippen LogP contribution in [0.25, 0.3) is 0 Å².